The normalized spacial score (nSPS) is 18.6. The van der Waals surface area contributed by atoms with Crippen molar-refractivity contribution in [2.75, 3.05) is 20.8 Å². The van der Waals surface area contributed by atoms with Crippen molar-refractivity contribution in [3.8, 4) is 11.5 Å². The molecule has 1 aliphatic rings. The van der Waals surface area contributed by atoms with Crippen LogP contribution in [0.1, 0.15) is 24.4 Å². The lowest BCUT2D eigenvalue weighted by Crippen LogP contribution is -2.13. The molecular formula is C12H17BrClNO2. The largest absolute Gasteiger partial charge is 0.495 e. The SMILES string of the molecule is COc1cc([C@@H]2CCCN2)cc(OC)c1Br.Cl. The monoisotopic (exact) mass is 321 g/mol. The Kier molecular flexibility index (Phi) is 5.56. The fourth-order valence-electron chi connectivity index (χ4n) is 2.06. The number of hydrogen-bond acceptors (Lipinski definition) is 3. The molecule has 1 atom stereocenters. The molecule has 5 heteroatoms. The van der Waals surface area contributed by atoms with E-state index in [1.807, 2.05) is 0 Å². The van der Waals surface area contributed by atoms with Crippen molar-refractivity contribution in [2.24, 2.45) is 0 Å². The number of hydrogen-bond donors (Lipinski definition) is 1. The molecule has 1 aromatic carbocycles. The molecule has 0 saturated carbocycles. The van der Waals surface area contributed by atoms with E-state index in [-0.39, 0.29) is 12.4 Å². The lowest BCUT2D eigenvalue weighted by molar-refractivity contribution is 0.387. The first-order chi connectivity index (χ1) is 7.76. The number of halogens is 2. The van der Waals surface area contributed by atoms with Gasteiger partial charge in [-0.15, -0.1) is 12.4 Å². The molecule has 1 heterocycles. The van der Waals surface area contributed by atoms with E-state index in [1.165, 1.54) is 18.4 Å². The van der Waals surface area contributed by atoms with Crippen LogP contribution in [0.25, 0.3) is 0 Å². The highest BCUT2D eigenvalue weighted by atomic mass is 79.9. The molecule has 1 fully saturated rings. The van der Waals surface area contributed by atoms with Gasteiger partial charge in [-0.05, 0) is 53.0 Å². The average molecular weight is 323 g/mol. The summed E-state index contributed by atoms with van der Waals surface area (Å²) >= 11 is 3.47. The van der Waals surface area contributed by atoms with E-state index in [4.69, 9.17) is 9.47 Å². The van der Waals surface area contributed by atoms with E-state index >= 15 is 0 Å². The summed E-state index contributed by atoms with van der Waals surface area (Å²) in [5.41, 5.74) is 1.23. The molecule has 0 radical (unpaired) electrons. The summed E-state index contributed by atoms with van der Waals surface area (Å²) in [6.07, 6.45) is 2.40. The third kappa shape index (κ3) is 3.06. The minimum Gasteiger partial charge on any atom is -0.495 e. The second-order valence-electron chi connectivity index (χ2n) is 3.89. The smallest absolute Gasteiger partial charge is 0.137 e. The van der Waals surface area contributed by atoms with Crippen LogP contribution in [-0.2, 0) is 0 Å². The summed E-state index contributed by atoms with van der Waals surface area (Å²) < 4.78 is 11.5. The van der Waals surface area contributed by atoms with Gasteiger partial charge in [-0.1, -0.05) is 0 Å². The molecule has 96 valence electrons. The predicted octanol–water partition coefficient (Wildman–Crippen LogP) is 3.31. The van der Waals surface area contributed by atoms with Gasteiger partial charge in [0.25, 0.3) is 0 Å². The number of methoxy groups -OCH3 is 2. The van der Waals surface area contributed by atoms with Gasteiger partial charge in [0.05, 0.1) is 14.2 Å². The van der Waals surface area contributed by atoms with Gasteiger partial charge >= 0.3 is 0 Å². The number of benzene rings is 1. The number of nitrogens with one attached hydrogen (secondary N) is 1. The van der Waals surface area contributed by atoms with Gasteiger partial charge in [-0.2, -0.15) is 0 Å². The molecule has 1 N–H and O–H groups in total. The Morgan fingerprint density at radius 2 is 1.82 bits per heavy atom. The minimum absolute atomic E-state index is 0. The zero-order valence-corrected chi connectivity index (χ0v) is 12.4. The van der Waals surface area contributed by atoms with Gasteiger partial charge in [-0.25, -0.2) is 0 Å². The molecule has 0 spiro atoms. The van der Waals surface area contributed by atoms with Crippen LogP contribution in [0.4, 0.5) is 0 Å². The third-order valence-electron chi connectivity index (χ3n) is 2.93. The van der Waals surface area contributed by atoms with Crippen molar-refractivity contribution in [1.82, 2.24) is 5.32 Å². The number of ether oxygens (including phenoxy) is 2. The highest BCUT2D eigenvalue weighted by molar-refractivity contribution is 9.10. The molecule has 1 aromatic rings. The summed E-state index contributed by atoms with van der Waals surface area (Å²) in [5.74, 6) is 1.64. The van der Waals surface area contributed by atoms with E-state index < -0.39 is 0 Å². The molecule has 0 aliphatic carbocycles. The van der Waals surface area contributed by atoms with Crippen LogP contribution in [0.15, 0.2) is 16.6 Å². The van der Waals surface area contributed by atoms with Crippen molar-refractivity contribution in [3.63, 3.8) is 0 Å². The molecule has 1 aliphatic heterocycles. The summed E-state index contributed by atoms with van der Waals surface area (Å²) in [6.45, 7) is 1.09. The van der Waals surface area contributed by atoms with Crippen LogP contribution in [0.2, 0.25) is 0 Å². The van der Waals surface area contributed by atoms with Gasteiger partial charge in [-0.3, -0.25) is 0 Å². The second-order valence-corrected chi connectivity index (χ2v) is 4.68. The zero-order chi connectivity index (χ0) is 11.5. The summed E-state index contributed by atoms with van der Waals surface area (Å²) in [4.78, 5) is 0. The standard InChI is InChI=1S/C12H16BrNO2.ClH/c1-15-10-6-8(9-4-3-5-14-9)7-11(16-2)12(10)13;/h6-7,9,14H,3-5H2,1-2H3;1H/t9-;/m0./s1. The predicted molar refractivity (Wildman–Crippen MR) is 74.5 cm³/mol. The maximum atomic E-state index is 5.33. The number of rotatable bonds is 3. The Morgan fingerprint density at radius 1 is 1.24 bits per heavy atom. The maximum Gasteiger partial charge on any atom is 0.137 e. The van der Waals surface area contributed by atoms with Gasteiger partial charge in [0.2, 0.25) is 0 Å². The molecule has 0 bridgehead atoms. The Labute approximate surface area is 116 Å². The van der Waals surface area contributed by atoms with Crippen molar-refractivity contribution >= 4 is 28.3 Å². The van der Waals surface area contributed by atoms with Gasteiger partial charge in [0.1, 0.15) is 16.0 Å². The lowest BCUT2D eigenvalue weighted by Gasteiger charge is -2.15. The first-order valence-corrected chi connectivity index (χ1v) is 6.20. The van der Waals surface area contributed by atoms with Crippen LogP contribution < -0.4 is 14.8 Å². The Balaban J connectivity index is 0.00000144. The van der Waals surface area contributed by atoms with Crippen molar-refractivity contribution in [3.05, 3.63) is 22.2 Å². The van der Waals surface area contributed by atoms with Crippen LogP contribution in [-0.4, -0.2) is 20.8 Å². The highest BCUT2D eigenvalue weighted by Crippen LogP contribution is 2.38. The quantitative estimate of drug-likeness (QED) is 0.926. The molecule has 2 rings (SSSR count). The van der Waals surface area contributed by atoms with Crippen molar-refractivity contribution in [1.29, 1.82) is 0 Å². The maximum absolute atomic E-state index is 5.33. The Bertz CT molecular complexity index is 356. The second kappa shape index (κ2) is 6.47. The molecule has 17 heavy (non-hydrogen) atoms. The summed E-state index contributed by atoms with van der Waals surface area (Å²) in [7, 11) is 3.34. The van der Waals surface area contributed by atoms with E-state index in [0.29, 0.717) is 6.04 Å². The van der Waals surface area contributed by atoms with Crippen LogP contribution >= 0.6 is 28.3 Å². The molecule has 3 nitrogen and oxygen atoms in total. The average Bonchev–Trinajstić information content (AvgIpc) is 2.83. The lowest BCUT2D eigenvalue weighted by atomic mass is 10.0. The van der Waals surface area contributed by atoms with Gasteiger partial charge < -0.3 is 14.8 Å². The van der Waals surface area contributed by atoms with Gasteiger partial charge in [0, 0.05) is 6.04 Å². The van der Waals surface area contributed by atoms with Crippen LogP contribution in [0.5, 0.6) is 11.5 Å². The molecular weight excluding hydrogens is 305 g/mol. The topological polar surface area (TPSA) is 30.5 Å². The minimum atomic E-state index is 0. The summed E-state index contributed by atoms with van der Waals surface area (Å²) in [5, 5.41) is 3.47. The Hall–Kier alpha value is -0.450. The van der Waals surface area contributed by atoms with Crippen molar-refractivity contribution < 1.29 is 9.47 Å². The highest BCUT2D eigenvalue weighted by Gasteiger charge is 2.19. The van der Waals surface area contributed by atoms with Crippen molar-refractivity contribution in [2.45, 2.75) is 18.9 Å². The zero-order valence-electron chi connectivity index (χ0n) is 9.96. The molecule has 0 aromatic heterocycles. The fraction of sp³-hybridized carbons (Fsp3) is 0.500. The Morgan fingerprint density at radius 3 is 2.24 bits per heavy atom. The fourth-order valence-corrected chi connectivity index (χ4v) is 2.61. The summed E-state index contributed by atoms with van der Waals surface area (Å²) in [6, 6.07) is 4.56. The molecule has 0 amide bonds. The first kappa shape index (κ1) is 14.6. The van der Waals surface area contributed by atoms with Crippen LogP contribution in [0, 0.1) is 0 Å². The molecule has 1 saturated heterocycles. The van der Waals surface area contributed by atoms with E-state index in [9.17, 15) is 0 Å². The molecule has 0 unspecified atom stereocenters. The van der Waals surface area contributed by atoms with E-state index in [0.717, 1.165) is 22.5 Å². The van der Waals surface area contributed by atoms with E-state index in [2.05, 4.69) is 33.4 Å². The first-order valence-electron chi connectivity index (χ1n) is 5.41. The van der Waals surface area contributed by atoms with E-state index in [1.54, 1.807) is 14.2 Å². The van der Waals surface area contributed by atoms with Gasteiger partial charge in [0.15, 0.2) is 0 Å². The third-order valence-corrected chi connectivity index (χ3v) is 3.71. The van der Waals surface area contributed by atoms with Crippen LogP contribution in [0.3, 0.4) is 0 Å².